The number of nitrogens with zero attached hydrogens (tertiary/aromatic N) is 1. The van der Waals surface area contributed by atoms with Crippen molar-refractivity contribution in [2.24, 2.45) is 0 Å². The molecule has 1 amide bonds. The minimum absolute atomic E-state index is 0.216. The number of nitrogens with one attached hydrogen (secondary N) is 2. The highest BCUT2D eigenvalue weighted by Crippen LogP contribution is 2.11. The molecule has 0 aromatic carbocycles. The van der Waals surface area contributed by atoms with Gasteiger partial charge in [-0.25, -0.2) is 0 Å². The van der Waals surface area contributed by atoms with Crippen LogP contribution in [0.2, 0.25) is 0 Å². The van der Waals surface area contributed by atoms with Crippen molar-refractivity contribution < 1.29 is 9.90 Å². The van der Waals surface area contributed by atoms with E-state index < -0.39 is 5.56 Å². The average Bonchev–Trinajstić information content (AvgIpc) is 2.25. The van der Waals surface area contributed by atoms with Gasteiger partial charge in [-0.3, -0.25) is 14.6 Å². The Kier molecular flexibility index (Phi) is 3.38. The van der Waals surface area contributed by atoms with E-state index in [0.29, 0.717) is 13.1 Å². The van der Waals surface area contributed by atoms with Gasteiger partial charge in [-0.2, -0.15) is 0 Å². The number of H-pyrrole nitrogens is 1. The topological polar surface area (TPSA) is 85.4 Å². The monoisotopic (exact) mass is 251 g/mol. The number of aromatic hydroxyl groups is 1. The van der Waals surface area contributed by atoms with Crippen molar-refractivity contribution in [2.45, 2.75) is 25.9 Å². The Hall–Kier alpha value is -1.82. The van der Waals surface area contributed by atoms with E-state index in [1.807, 2.05) is 13.8 Å². The summed E-state index contributed by atoms with van der Waals surface area (Å²) in [5.74, 6) is -0.515. The standard InChI is InChI=1S/C12H17N3O3/c1-7-5-15(6-8(2)13-7)12(18)9-3-10(16)14-11(17)4-9/h3-4,7-8,13H,5-6H2,1-2H3,(H2,14,16,17). The van der Waals surface area contributed by atoms with Crippen molar-refractivity contribution in [1.82, 2.24) is 15.2 Å². The van der Waals surface area contributed by atoms with E-state index >= 15 is 0 Å². The van der Waals surface area contributed by atoms with Crippen LogP contribution in [0.5, 0.6) is 5.88 Å². The lowest BCUT2D eigenvalue weighted by Gasteiger charge is -2.36. The molecular weight excluding hydrogens is 234 g/mol. The highest BCUT2D eigenvalue weighted by Gasteiger charge is 2.25. The van der Waals surface area contributed by atoms with E-state index in [1.54, 1.807) is 4.90 Å². The molecule has 2 rings (SSSR count). The number of hydrogen-bond donors (Lipinski definition) is 3. The average molecular weight is 251 g/mol. The first-order valence-corrected chi connectivity index (χ1v) is 5.94. The van der Waals surface area contributed by atoms with E-state index in [2.05, 4.69) is 10.3 Å². The van der Waals surface area contributed by atoms with E-state index in [0.717, 1.165) is 0 Å². The second-order valence-corrected chi connectivity index (χ2v) is 4.80. The molecule has 18 heavy (non-hydrogen) atoms. The van der Waals surface area contributed by atoms with Crippen molar-refractivity contribution in [3.63, 3.8) is 0 Å². The lowest BCUT2D eigenvalue weighted by Crippen LogP contribution is -2.55. The van der Waals surface area contributed by atoms with Crippen molar-refractivity contribution in [3.8, 4) is 5.88 Å². The molecule has 0 saturated carbocycles. The van der Waals surface area contributed by atoms with Crippen LogP contribution in [0, 0.1) is 0 Å². The molecule has 1 aromatic heterocycles. The first-order chi connectivity index (χ1) is 8.45. The summed E-state index contributed by atoms with van der Waals surface area (Å²) < 4.78 is 0. The first-order valence-electron chi connectivity index (χ1n) is 5.94. The Morgan fingerprint density at radius 3 is 2.50 bits per heavy atom. The van der Waals surface area contributed by atoms with Crippen LogP contribution in [-0.2, 0) is 0 Å². The van der Waals surface area contributed by atoms with E-state index in [4.69, 9.17) is 0 Å². The van der Waals surface area contributed by atoms with Gasteiger partial charge in [-0.1, -0.05) is 0 Å². The predicted octanol–water partition coefficient (Wildman–Crippen LogP) is -0.0971. The molecule has 6 nitrogen and oxygen atoms in total. The maximum Gasteiger partial charge on any atom is 0.254 e. The Balaban J connectivity index is 2.22. The van der Waals surface area contributed by atoms with Gasteiger partial charge in [0.2, 0.25) is 0 Å². The van der Waals surface area contributed by atoms with Crippen molar-refractivity contribution in [2.75, 3.05) is 13.1 Å². The summed E-state index contributed by atoms with van der Waals surface area (Å²) in [6.07, 6.45) is 0. The number of piperazine rings is 1. The molecule has 0 bridgehead atoms. The molecule has 1 saturated heterocycles. The van der Waals surface area contributed by atoms with Crippen LogP contribution in [0.1, 0.15) is 24.2 Å². The third-order valence-corrected chi connectivity index (χ3v) is 2.92. The molecule has 1 aliphatic heterocycles. The molecule has 1 aliphatic rings. The molecule has 1 aromatic rings. The Morgan fingerprint density at radius 1 is 1.33 bits per heavy atom. The summed E-state index contributed by atoms with van der Waals surface area (Å²) in [6, 6.07) is 2.92. The molecule has 6 heteroatoms. The minimum atomic E-state index is -0.477. The van der Waals surface area contributed by atoms with Gasteiger partial charge in [-0.05, 0) is 13.8 Å². The summed E-state index contributed by atoms with van der Waals surface area (Å²) in [7, 11) is 0. The molecule has 98 valence electrons. The first kappa shape index (κ1) is 12.6. The van der Waals surface area contributed by atoms with Gasteiger partial charge >= 0.3 is 0 Å². The van der Waals surface area contributed by atoms with Crippen LogP contribution in [0.3, 0.4) is 0 Å². The van der Waals surface area contributed by atoms with Crippen LogP contribution in [-0.4, -0.2) is 46.1 Å². The summed E-state index contributed by atoms with van der Waals surface area (Å²) in [6.45, 7) is 5.20. The lowest BCUT2D eigenvalue weighted by molar-refractivity contribution is 0.0673. The molecule has 0 aliphatic carbocycles. The number of hydrogen-bond acceptors (Lipinski definition) is 4. The molecule has 2 atom stereocenters. The fourth-order valence-electron chi connectivity index (χ4n) is 2.33. The third-order valence-electron chi connectivity index (χ3n) is 2.92. The zero-order valence-corrected chi connectivity index (χ0v) is 10.4. The van der Waals surface area contributed by atoms with E-state index in [9.17, 15) is 14.7 Å². The molecule has 3 N–H and O–H groups in total. The summed E-state index contributed by atoms with van der Waals surface area (Å²) >= 11 is 0. The van der Waals surface area contributed by atoms with Crippen LogP contribution in [0.4, 0.5) is 0 Å². The maximum atomic E-state index is 12.2. The number of aromatic amines is 1. The van der Waals surface area contributed by atoms with Crippen LogP contribution < -0.4 is 10.9 Å². The van der Waals surface area contributed by atoms with Crippen LogP contribution >= 0.6 is 0 Å². The van der Waals surface area contributed by atoms with Gasteiger partial charge in [0.25, 0.3) is 11.5 Å². The van der Waals surface area contributed by atoms with Gasteiger partial charge < -0.3 is 15.3 Å². The third kappa shape index (κ3) is 2.70. The number of pyridine rings is 1. The summed E-state index contributed by atoms with van der Waals surface area (Å²) in [5, 5.41) is 12.6. The predicted molar refractivity (Wildman–Crippen MR) is 66.7 cm³/mol. The smallest absolute Gasteiger partial charge is 0.254 e. The van der Waals surface area contributed by atoms with Gasteiger partial charge in [0.05, 0.1) is 5.56 Å². The van der Waals surface area contributed by atoms with E-state index in [1.165, 1.54) is 12.1 Å². The second kappa shape index (κ2) is 4.81. The minimum Gasteiger partial charge on any atom is -0.494 e. The summed E-state index contributed by atoms with van der Waals surface area (Å²) in [5.41, 5.74) is -0.257. The number of carbonyl (C=O) groups excluding carboxylic acids is 1. The molecule has 2 heterocycles. The normalized spacial score (nSPS) is 24.0. The van der Waals surface area contributed by atoms with Crippen molar-refractivity contribution in [3.05, 3.63) is 28.0 Å². The number of aromatic nitrogens is 1. The van der Waals surface area contributed by atoms with Gasteiger partial charge in [0, 0.05) is 37.3 Å². The van der Waals surface area contributed by atoms with Crippen LogP contribution in [0.25, 0.3) is 0 Å². The van der Waals surface area contributed by atoms with Gasteiger partial charge in [-0.15, -0.1) is 0 Å². The van der Waals surface area contributed by atoms with Gasteiger partial charge in [0.1, 0.15) is 0 Å². The molecule has 2 unspecified atom stereocenters. The number of rotatable bonds is 1. The quantitative estimate of drug-likeness (QED) is 0.651. The highest BCUT2D eigenvalue weighted by molar-refractivity contribution is 5.94. The van der Waals surface area contributed by atoms with Crippen molar-refractivity contribution in [1.29, 1.82) is 0 Å². The fraction of sp³-hybridized carbons (Fsp3) is 0.500. The number of carbonyl (C=O) groups is 1. The van der Waals surface area contributed by atoms with Crippen molar-refractivity contribution >= 4 is 5.91 Å². The zero-order chi connectivity index (χ0) is 13.3. The largest absolute Gasteiger partial charge is 0.494 e. The highest BCUT2D eigenvalue weighted by atomic mass is 16.3. The SMILES string of the molecule is CC1CN(C(=O)c2cc(O)[nH]c(=O)c2)CC(C)N1. The van der Waals surface area contributed by atoms with E-state index in [-0.39, 0.29) is 29.4 Å². The Labute approximate surface area is 105 Å². The fourth-order valence-corrected chi connectivity index (χ4v) is 2.33. The lowest BCUT2D eigenvalue weighted by atomic mass is 10.1. The second-order valence-electron chi connectivity index (χ2n) is 4.80. The molecular formula is C12H17N3O3. The number of amides is 1. The van der Waals surface area contributed by atoms with Crippen LogP contribution in [0.15, 0.2) is 16.9 Å². The maximum absolute atomic E-state index is 12.2. The molecule has 0 radical (unpaired) electrons. The summed E-state index contributed by atoms with van der Waals surface area (Å²) in [4.78, 5) is 27.4. The molecule has 0 spiro atoms. The Morgan fingerprint density at radius 2 is 1.94 bits per heavy atom. The zero-order valence-electron chi connectivity index (χ0n) is 10.4. The van der Waals surface area contributed by atoms with Gasteiger partial charge in [0.15, 0.2) is 5.88 Å². The molecule has 1 fully saturated rings. The Bertz CT molecular complexity index is 502.